The molecule has 2 aromatic carbocycles. The summed E-state index contributed by atoms with van der Waals surface area (Å²) in [6, 6.07) is 11.0. The van der Waals surface area contributed by atoms with E-state index >= 15 is 0 Å². The van der Waals surface area contributed by atoms with E-state index in [4.69, 9.17) is 4.74 Å². The van der Waals surface area contributed by atoms with Crippen LogP contribution in [0.5, 0.6) is 17.5 Å². The third kappa shape index (κ3) is 6.74. The summed E-state index contributed by atoms with van der Waals surface area (Å²) < 4.78 is 76.8. The molecule has 0 spiro atoms. The van der Waals surface area contributed by atoms with Gasteiger partial charge in [0.25, 0.3) is 0 Å². The molecule has 1 aromatic heterocycles. The number of piperazine rings is 1. The molecule has 0 amide bonds. The van der Waals surface area contributed by atoms with Crippen molar-refractivity contribution >= 4 is 15.7 Å². The average Bonchev–Trinajstić information content (AvgIpc) is 3.26. The van der Waals surface area contributed by atoms with E-state index in [0.29, 0.717) is 18.1 Å². The average molecular weight is 555 g/mol. The van der Waals surface area contributed by atoms with Crippen molar-refractivity contribution in [1.29, 1.82) is 0 Å². The first kappa shape index (κ1) is 27.7. The Balaban J connectivity index is 1.47. The Morgan fingerprint density at radius 1 is 1.03 bits per heavy atom. The van der Waals surface area contributed by atoms with E-state index < -0.39 is 28.2 Å². The zero-order chi connectivity index (χ0) is 27.5. The van der Waals surface area contributed by atoms with Crippen molar-refractivity contribution in [2.75, 3.05) is 38.1 Å². The third-order valence-electron chi connectivity index (χ3n) is 6.04. The number of anilines is 1. The molecule has 1 N–H and O–H groups in total. The summed E-state index contributed by atoms with van der Waals surface area (Å²) in [7, 11) is -1.99. The molecule has 10 nitrogen and oxygen atoms in total. The molecule has 206 valence electrons. The lowest BCUT2D eigenvalue weighted by Crippen LogP contribution is -2.44. The van der Waals surface area contributed by atoms with Crippen LogP contribution in [0.1, 0.15) is 25.7 Å². The van der Waals surface area contributed by atoms with Crippen LogP contribution in [0.3, 0.4) is 0 Å². The topological polar surface area (TPSA) is 102 Å². The van der Waals surface area contributed by atoms with Crippen molar-refractivity contribution in [3.05, 3.63) is 54.4 Å². The molecular formula is C24H29F3N6O4S. The first-order chi connectivity index (χ1) is 17.9. The molecule has 14 heteroatoms. The predicted molar refractivity (Wildman–Crippen MR) is 134 cm³/mol. The largest absolute Gasteiger partial charge is 0.573 e. The Morgan fingerprint density at radius 2 is 1.71 bits per heavy atom. The maximum absolute atomic E-state index is 12.8. The van der Waals surface area contributed by atoms with E-state index in [1.54, 1.807) is 11.5 Å². The lowest BCUT2D eigenvalue weighted by molar-refractivity contribution is -0.274. The lowest BCUT2D eigenvalue weighted by atomic mass is 10.2. The molecule has 2 heterocycles. The first-order valence-electron chi connectivity index (χ1n) is 12.0. The number of nitrogens with zero attached hydrogens (tertiary/aromatic N) is 5. The molecule has 0 aliphatic carbocycles. The maximum Gasteiger partial charge on any atom is 0.573 e. The SMILES string of the molecule is CCn1c(Oc2cccc(N3CCN(C)CC3)c2)nnc1[C@@H](C)NS(=O)(=O)c1ccc(OC(F)(F)F)cc1. The van der Waals surface area contributed by atoms with Crippen LogP contribution in [0.2, 0.25) is 0 Å². The number of nitrogens with one attached hydrogen (secondary N) is 1. The number of hydrogen-bond acceptors (Lipinski definition) is 8. The van der Waals surface area contributed by atoms with E-state index in [1.807, 2.05) is 31.2 Å². The molecule has 38 heavy (non-hydrogen) atoms. The van der Waals surface area contributed by atoms with Gasteiger partial charge in [-0.2, -0.15) is 0 Å². The van der Waals surface area contributed by atoms with Gasteiger partial charge in [-0.05, 0) is 57.3 Å². The van der Waals surface area contributed by atoms with Gasteiger partial charge in [0.15, 0.2) is 5.82 Å². The molecule has 3 aromatic rings. The molecule has 0 radical (unpaired) electrons. The van der Waals surface area contributed by atoms with Gasteiger partial charge in [-0.15, -0.1) is 18.3 Å². The van der Waals surface area contributed by atoms with Crippen LogP contribution in [0.25, 0.3) is 0 Å². The molecule has 1 aliphatic heterocycles. The van der Waals surface area contributed by atoms with Crippen LogP contribution in [-0.2, 0) is 16.6 Å². The molecule has 4 rings (SSSR count). The van der Waals surface area contributed by atoms with E-state index in [0.717, 1.165) is 56.1 Å². The minimum Gasteiger partial charge on any atom is -0.424 e. The van der Waals surface area contributed by atoms with E-state index in [9.17, 15) is 21.6 Å². The second kappa shape index (κ2) is 11.2. The van der Waals surface area contributed by atoms with Gasteiger partial charge in [-0.1, -0.05) is 11.2 Å². The van der Waals surface area contributed by atoms with Crippen molar-refractivity contribution < 1.29 is 31.1 Å². The quantitative estimate of drug-likeness (QED) is 0.427. The zero-order valence-electron chi connectivity index (χ0n) is 21.1. The van der Waals surface area contributed by atoms with Crippen LogP contribution in [0, 0.1) is 0 Å². The van der Waals surface area contributed by atoms with Crippen LogP contribution >= 0.6 is 0 Å². The Hall–Kier alpha value is -3.36. The first-order valence-corrected chi connectivity index (χ1v) is 13.5. The van der Waals surface area contributed by atoms with Crippen molar-refractivity contribution in [2.24, 2.45) is 0 Å². The fourth-order valence-corrected chi connectivity index (χ4v) is 5.28. The number of aromatic nitrogens is 3. The van der Waals surface area contributed by atoms with Crippen molar-refractivity contribution in [1.82, 2.24) is 24.4 Å². The molecule has 1 fully saturated rings. The molecule has 1 aliphatic rings. The Morgan fingerprint density at radius 3 is 2.34 bits per heavy atom. The Bertz CT molecular complexity index is 1340. The van der Waals surface area contributed by atoms with Gasteiger partial charge >= 0.3 is 12.4 Å². The highest BCUT2D eigenvalue weighted by Crippen LogP contribution is 2.28. The zero-order valence-corrected chi connectivity index (χ0v) is 22.0. The van der Waals surface area contributed by atoms with E-state index in [1.165, 1.54) is 0 Å². The van der Waals surface area contributed by atoms with Gasteiger partial charge in [-0.3, -0.25) is 4.57 Å². The Labute approximate surface area is 219 Å². The minimum atomic E-state index is -4.87. The minimum absolute atomic E-state index is 0.206. The van der Waals surface area contributed by atoms with Crippen molar-refractivity contribution in [3.8, 4) is 17.5 Å². The molecular weight excluding hydrogens is 525 g/mol. The summed E-state index contributed by atoms with van der Waals surface area (Å²) in [4.78, 5) is 4.33. The second-order valence-electron chi connectivity index (χ2n) is 8.84. The number of hydrogen-bond donors (Lipinski definition) is 1. The molecule has 0 saturated carbocycles. The molecule has 1 saturated heterocycles. The second-order valence-corrected chi connectivity index (χ2v) is 10.6. The highest BCUT2D eigenvalue weighted by molar-refractivity contribution is 7.89. The van der Waals surface area contributed by atoms with Crippen LogP contribution in [0.15, 0.2) is 53.4 Å². The maximum atomic E-state index is 12.8. The van der Waals surface area contributed by atoms with Crippen LogP contribution in [-0.4, -0.2) is 67.7 Å². The summed E-state index contributed by atoms with van der Waals surface area (Å²) in [5.74, 6) is 0.372. The molecule has 1 atom stereocenters. The lowest BCUT2D eigenvalue weighted by Gasteiger charge is -2.34. The standard InChI is InChI=1S/C24H29F3N6O4S/c1-4-33-22(17(2)30-38(34,35)21-10-8-19(9-11-21)37-24(25,26)27)28-29-23(33)36-20-7-5-6-18(16-20)32-14-12-31(3)13-15-32/h5-11,16-17,30H,4,12-15H2,1-3H3/t17-/m1/s1. The summed E-state index contributed by atoms with van der Waals surface area (Å²) in [5, 5.41) is 8.25. The highest BCUT2D eigenvalue weighted by atomic mass is 32.2. The summed E-state index contributed by atoms with van der Waals surface area (Å²) >= 11 is 0. The predicted octanol–water partition coefficient (Wildman–Crippen LogP) is 3.78. The van der Waals surface area contributed by atoms with Gasteiger partial charge in [-0.25, -0.2) is 13.1 Å². The third-order valence-corrected chi connectivity index (χ3v) is 7.60. The van der Waals surface area contributed by atoms with Gasteiger partial charge in [0.05, 0.1) is 10.9 Å². The van der Waals surface area contributed by atoms with Gasteiger partial charge in [0.1, 0.15) is 11.5 Å². The van der Waals surface area contributed by atoms with Gasteiger partial charge in [0, 0.05) is 44.5 Å². The molecule has 0 unspecified atom stereocenters. The number of sulfonamides is 1. The normalized spacial score (nSPS) is 15.9. The summed E-state index contributed by atoms with van der Waals surface area (Å²) in [6.45, 7) is 7.60. The van der Waals surface area contributed by atoms with Crippen LogP contribution in [0.4, 0.5) is 18.9 Å². The fraction of sp³-hybridized carbons (Fsp3) is 0.417. The number of likely N-dealkylation sites (N-methyl/N-ethyl adjacent to an activating group) is 1. The van der Waals surface area contributed by atoms with Crippen molar-refractivity contribution in [2.45, 2.75) is 37.7 Å². The smallest absolute Gasteiger partial charge is 0.424 e. The number of halogens is 3. The monoisotopic (exact) mass is 554 g/mol. The number of ether oxygens (including phenoxy) is 2. The van der Waals surface area contributed by atoms with Crippen molar-refractivity contribution in [3.63, 3.8) is 0 Å². The summed E-state index contributed by atoms with van der Waals surface area (Å²) in [5.41, 5.74) is 1.03. The van der Waals surface area contributed by atoms with Gasteiger partial charge in [0.2, 0.25) is 10.0 Å². The van der Waals surface area contributed by atoms with E-state index in [2.05, 4.69) is 36.5 Å². The van der Waals surface area contributed by atoms with Crippen LogP contribution < -0.4 is 19.1 Å². The number of benzene rings is 2. The highest BCUT2D eigenvalue weighted by Gasteiger charge is 2.31. The van der Waals surface area contributed by atoms with E-state index in [-0.39, 0.29) is 10.9 Å². The fourth-order valence-electron chi connectivity index (χ4n) is 4.08. The number of rotatable bonds is 9. The van der Waals surface area contributed by atoms with Gasteiger partial charge < -0.3 is 19.3 Å². The summed E-state index contributed by atoms with van der Waals surface area (Å²) in [6.07, 6.45) is -4.87. The number of alkyl halides is 3. The Kier molecular flexibility index (Phi) is 8.13. The molecule has 0 bridgehead atoms.